The van der Waals surface area contributed by atoms with E-state index >= 15 is 0 Å². The minimum Gasteiger partial charge on any atom is -0.478 e. The number of aromatic carboxylic acids is 1. The molecule has 0 aliphatic heterocycles. The predicted molar refractivity (Wildman–Crippen MR) is 67.1 cm³/mol. The second kappa shape index (κ2) is 5.49. The summed E-state index contributed by atoms with van der Waals surface area (Å²) in [5, 5.41) is 15.6. The van der Waals surface area contributed by atoms with Gasteiger partial charge in [0.2, 0.25) is 5.91 Å². The van der Waals surface area contributed by atoms with Crippen LogP contribution in [-0.2, 0) is 11.3 Å². The fraction of sp³-hybridized carbons (Fsp3) is 0.0909. The Labute approximate surface area is 112 Å². The lowest BCUT2D eigenvalue weighted by Gasteiger charge is -2.08. The molecular formula is C11H9ClN4O3. The highest BCUT2D eigenvalue weighted by molar-refractivity contribution is 6.31. The van der Waals surface area contributed by atoms with Crippen LogP contribution in [0.1, 0.15) is 10.4 Å². The normalized spacial score (nSPS) is 10.2. The molecule has 8 heteroatoms. The first kappa shape index (κ1) is 13.0. The van der Waals surface area contributed by atoms with Gasteiger partial charge in [-0.05, 0) is 18.2 Å². The lowest BCUT2D eigenvalue weighted by molar-refractivity contribution is -0.116. The van der Waals surface area contributed by atoms with E-state index in [1.165, 1.54) is 35.5 Å². The Kier molecular flexibility index (Phi) is 3.76. The Balaban J connectivity index is 2.16. The molecule has 7 nitrogen and oxygen atoms in total. The molecule has 0 spiro atoms. The molecule has 0 unspecified atom stereocenters. The molecule has 1 aromatic carbocycles. The van der Waals surface area contributed by atoms with Gasteiger partial charge >= 0.3 is 5.97 Å². The molecular weight excluding hydrogens is 272 g/mol. The first-order valence-corrected chi connectivity index (χ1v) is 5.59. The number of nitrogens with zero attached hydrogens (tertiary/aromatic N) is 3. The van der Waals surface area contributed by atoms with Crippen LogP contribution in [0.3, 0.4) is 0 Å². The molecule has 1 amide bonds. The van der Waals surface area contributed by atoms with Gasteiger partial charge in [-0.25, -0.2) is 14.5 Å². The number of rotatable bonds is 4. The van der Waals surface area contributed by atoms with Crippen LogP contribution in [-0.4, -0.2) is 31.7 Å². The zero-order valence-electron chi connectivity index (χ0n) is 9.58. The van der Waals surface area contributed by atoms with Crippen molar-refractivity contribution < 1.29 is 14.7 Å². The quantitative estimate of drug-likeness (QED) is 0.879. The van der Waals surface area contributed by atoms with Crippen LogP contribution < -0.4 is 5.32 Å². The van der Waals surface area contributed by atoms with Gasteiger partial charge in [0, 0.05) is 5.02 Å². The van der Waals surface area contributed by atoms with Gasteiger partial charge in [-0.2, -0.15) is 5.10 Å². The second-order valence-electron chi connectivity index (χ2n) is 3.64. The third kappa shape index (κ3) is 3.29. The lowest BCUT2D eigenvalue weighted by atomic mass is 10.2. The Bertz CT molecular complexity index is 612. The average molecular weight is 281 g/mol. The maximum atomic E-state index is 11.7. The van der Waals surface area contributed by atoms with Crippen molar-refractivity contribution >= 4 is 29.2 Å². The molecule has 2 N–H and O–H groups in total. The van der Waals surface area contributed by atoms with E-state index in [-0.39, 0.29) is 17.8 Å². The van der Waals surface area contributed by atoms with Gasteiger partial charge in [-0.15, -0.1) is 0 Å². The Morgan fingerprint density at radius 2 is 2.21 bits per heavy atom. The predicted octanol–water partition coefficient (Wildman–Crippen LogP) is 1.27. The van der Waals surface area contributed by atoms with Gasteiger partial charge in [0.1, 0.15) is 19.2 Å². The SMILES string of the molecule is O=C(Cn1cncn1)Nc1cc(Cl)ccc1C(=O)O. The molecule has 0 saturated carbocycles. The van der Waals surface area contributed by atoms with Crippen molar-refractivity contribution in [3.05, 3.63) is 41.4 Å². The topological polar surface area (TPSA) is 97.1 Å². The number of anilines is 1. The molecule has 0 atom stereocenters. The van der Waals surface area contributed by atoms with Gasteiger partial charge in [-0.3, -0.25) is 4.79 Å². The van der Waals surface area contributed by atoms with E-state index in [1.54, 1.807) is 0 Å². The zero-order valence-corrected chi connectivity index (χ0v) is 10.3. The van der Waals surface area contributed by atoms with Crippen LogP contribution in [0.4, 0.5) is 5.69 Å². The maximum absolute atomic E-state index is 11.7. The van der Waals surface area contributed by atoms with Gasteiger partial charge in [0.15, 0.2) is 0 Å². The summed E-state index contributed by atoms with van der Waals surface area (Å²) in [4.78, 5) is 26.4. The van der Waals surface area contributed by atoms with Gasteiger partial charge < -0.3 is 10.4 Å². The van der Waals surface area contributed by atoms with Gasteiger partial charge in [0.25, 0.3) is 0 Å². The van der Waals surface area contributed by atoms with Gasteiger partial charge in [0.05, 0.1) is 11.3 Å². The van der Waals surface area contributed by atoms with Crippen LogP contribution >= 0.6 is 11.6 Å². The molecule has 2 rings (SSSR count). The summed E-state index contributed by atoms with van der Waals surface area (Å²) in [7, 11) is 0. The molecule has 2 aromatic rings. The lowest BCUT2D eigenvalue weighted by Crippen LogP contribution is -2.20. The third-order valence-corrected chi connectivity index (χ3v) is 2.49. The summed E-state index contributed by atoms with van der Waals surface area (Å²) in [5.74, 6) is -1.57. The molecule has 0 saturated heterocycles. The number of carboxylic acids is 1. The van der Waals surface area contributed by atoms with E-state index < -0.39 is 11.9 Å². The minimum atomic E-state index is -1.15. The number of carboxylic acid groups (broad SMARTS) is 1. The number of carbonyl (C=O) groups is 2. The summed E-state index contributed by atoms with van der Waals surface area (Å²) in [6.45, 7) is -0.0639. The number of benzene rings is 1. The zero-order chi connectivity index (χ0) is 13.8. The van der Waals surface area contributed by atoms with Crippen LogP contribution in [0.2, 0.25) is 5.02 Å². The highest BCUT2D eigenvalue weighted by Crippen LogP contribution is 2.21. The van der Waals surface area contributed by atoms with Crippen LogP contribution in [0.15, 0.2) is 30.9 Å². The van der Waals surface area contributed by atoms with Crippen LogP contribution in [0.5, 0.6) is 0 Å². The summed E-state index contributed by atoms with van der Waals surface area (Å²) in [6, 6.07) is 4.15. The van der Waals surface area contributed by atoms with E-state index in [0.29, 0.717) is 5.02 Å². The summed E-state index contributed by atoms with van der Waals surface area (Å²) < 4.78 is 1.32. The van der Waals surface area contributed by atoms with E-state index in [4.69, 9.17) is 16.7 Å². The third-order valence-electron chi connectivity index (χ3n) is 2.26. The van der Waals surface area contributed by atoms with E-state index in [9.17, 15) is 9.59 Å². The van der Waals surface area contributed by atoms with Crippen molar-refractivity contribution in [2.24, 2.45) is 0 Å². The Hall–Kier alpha value is -2.41. The highest BCUT2D eigenvalue weighted by atomic mass is 35.5. The molecule has 19 heavy (non-hydrogen) atoms. The van der Waals surface area contributed by atoms with Crippen molar-refractivity contribution in [2.75, 3.05) is 5.32 Å². The van der Waals surface area contributed by atoms with E-state index in [0.717, 1.165) is 0 Å². The number of amides is 1. The molecule has 0 radical (unpaired) electrons. The largest absolute Gasteiger partial charge is 0.478 e. The first-order valence-electron chi connectivity index (χ1n) is 5.21. The smallest absolute Gasteiger partial charge is 0.337 e. The summed E-state index contributed by atoms with van der Waals surface area (Å²) in [6.07, 6.45) is 2.69. The highest BCUT2D eigenvalue weighted by Gasteiger charge is 2.13. The fourth-order valence-electron chi connectivity index (χ4n) is 1.46. The molecule has 0 aliphatic carbocycles. The number of hydrogen-bond acceptors (Lipinski definition) is 4. The molecule has 98 valence electrons. The van der Waals surface area contributed by atoms with Crippen molar-refractivity contribution in [1.29, 1.82) is 0 Å². The number of aromatic nitrogens is 3. The Morgan fingerprint density at radius 1 is 1.42 bits per heavy atom. The number of halogens is 1. The van der Waals surface area contributed by atoms with Crippen LogP contribution in [0, 0.1) is 0 Å². The second-order valence-corrected chi connectivity index (χ2v) is 4.07. The minimum absolute atomic E-state index is 0.0312. The standard InChI is InChI=1S/C11H9ClN4O3/c12-7-1-2-8(11(18)19)9(3-7)15-10(17)4-16-6-13-5-14-16/h1-3,5-6H,4H2,(H,15,17)(H,18,19). The number of hydrogen-bond donors (Lipinski definition) is 2. The molecule has 0 bridgehead atoms. The van der Waals surface area contributed by atoms with E-state index in [2.05, 4.69) is 15.4 Å². The van der Waals surface area contributed by atoms with Crippen molar-refractivity contribution in [2.45, 2.75) is 6.54 Å². The van der Waals surface area contributed by atoms with Gasteiger partial charge in [-0.1, -0.05) is 11.6 Å². The first-order chi connectivity index (χ1) is 9.06. The maximum Gasteiger partial charge on any atom is 0.337 e. The monoisotopic (exact) mass is 280 g/mol. The van der Waals surface area contributed by atoms with Crippen molar-refractivity contribution in [3.63, 3.8) is 0 Å². The van der Waals surface area contributed by atoms with E-state index in [1.807, 2.05) is 0 Å². The van der Waals surface area contributed by atoms with Crippen molar-refractivity contribution in [1.82, 2.24) is 14.8 Å². The fourth-order valence-corrected chi connectivity index (χ4v) is 1.63. The number of carbonyl (C=O) groups excluding carboxylic acids is 1. The molecule has 1 heterocycles. The molecule has 0 fully saturated rings. The average Bonchev–Trinajstić information content (AvgIpc) is 2.81. The summed E-state index contributed by atoms with van der Waals surface area (Å²) >= 11 is 5.78. The molecule has 0 aliphatic rings. The van der Waals surface area contributed by atoms with Crippen molar-refractivity contribution in [3.8, 4) is 0 Å². The number of nitrogens with one attached hydrogen (secondary N) is 1. The summed E-state index contributed by atoms with van der Waals surface area (Å²) in [5.41, 5.74) is 0.112. The van der Waals surface area contributed by atoms with Crippen LogP contribution in [0.25, 0.3) is 0 Å². The molecule has 1 aromatic heterocycles. The Morgan fingerprint density at radius 3 is 2.84 bits per heavy atom.